The molecule has 6 nitrogen and oxygen atoms in total. The highest BCUT2D eigenvalue weighted by Gasteiger charge is 2.34. The third-order valence-electron chi connectivity index (χ3n) is 4.49. The molecule has 1 atom stereocenters. The zero-order chi connectivity index (χ0) is 18.6. The van der Waals surface area contributed by atoms with Gasteiger partial charge in [-0.2, -0.15) is 4.31 Å². The van der Waals surface area contributed by atoms with Gasteiger partial charge in [-0.25, -0.2) is 8.42 Å². The van der Waals surface area contributed by atoms with Gasteiger partial charge < -0.3 is 14.8 Å². The molecule has 2 aromatic carbocycles. The highest BCUT2D eigenvalue weighted by atomic mass is 32.2. The largest absolute Gasteiger partial charge is 0.497 e. The minimum absolute atomic E-state index is 0.0141. The van der Waals surface area contributed by atoms with Crippen LogP contribution in [-0.4, -0.2) is 46.0 Å². The van der Waals surface area contributed by atoms with E-state index in [1.165, 1.54) is 0 Å². The normalized spacial score (nSPS) is 18.0. The summed E-state index contributed by atoms with van der Waals surface area (Å²) in [6.07, 6.45) is 1.78. The first-order chi connectivity index (χ1) is 12.5. The number of nitrogens with zero attached hydrogens (tertiary/aromatic N) is 1. The van der Waals surface area contributed by atoms with Crippen LogP contribution in [0.2, 0.25) is 0 Å². The number of sulfonamides is 1. The lowest BCUT2D eigenvalue weighted by Gasteiger charge is -2.24. The van der Waals surface area contributed by atoms with Crippen molar-refractivity contribution in [3.63, 3.8) is 0 Å². The fourth-order valence-electron chi connectivity index (χ4n) is 3.16. The predicted octanol–water partition coefficient (Wildman–Crippen LogP) is 2.86. The average molecular weight is 376 g/mol. The Morgan fingerprint density at radius 2 is 1.62 bits per heavy atom. The summed E-state index contributed by atoms with van der Waals surface area (Å²) in [5, 5.41) is 3.07. The Morgan fingerprint density at radius 3 is 2.19 bits per heavy atom. The Bertz CT molecular complexity index is 820. The molecule has 0 aliphatic carbocycles. The molecule has 1 aliphatic heterocycles. The second-order valence-electron chi connectivity index (χ2n) is 6.22. The van der Waals surface area contributed by atoms with E-state index >= 15 is 0 Å². The number of methoxy groups -OCH3 is 1. The zero-order valence-corrected chi connectivity index (χ0v) is 15.8. The Balaban J connectivity index is 1.73. The molecular weight excluding hydrogens is 352 g/mol. The van der Waals surface area contributed by atoms with Gasteiger partial charge in [-0.05, 0) is 68.4 Å². The van der Waals surface area contributed by atoms with Crippen molar-refractivity contribution < 1.29 is 17.9 Å². The highest BCUT2D eigenvalue weighted by Crippen LogP contribution is 2.28. The van der Waals surface area contributed by atoms with Crippen molar-refractivity contribution in [3.05, 3.63) is 48.5 Å². The first kappa shape index (κ1) is 18.7. The fraction of sp³-hybridized carbons (Fsp3) is 0.368. The fourth-order valence-corrected chi connectivity index (χ4v) is 4.85. The summed E-state index contributed by atoms with van der Waals surface area (Å²) >= 11 is 0. The van der Waals surface area contributed by atoms with Gasteiger partial charge in [0.2, 0.25) is 10.0 Å². The SMILES string of the molecule is CNCC1CCCN1S(=O)(=O)c1ccc(Oc2ccc(OC)cc2)cc1. The van der Waals surface area contributed by atoms with E-state index in [4.69, 9.17) is 9.47 Å². The predicted molar refractivity (Wildman–Crippen MR) is 100 cm³/mol. The molecule has 3 rings (SSSR count). The third-order valence-corrected chi connectivity index (χ3v) is 6.45. The van der Waals surface area contributed by atoms with Crippen LogP contribution in [-0.2, 0) is 10.0 Å². The number of rotatable bonds is 7. The molecular formula is C19H24N2O4S. The molecule has 1 heterocycles. The van der Waals surface area contributed by atoms with E-state index < -0.39 is 10.0 Å². The second-order valence-corrected chi connectivity index (χ2v) is 8.11. The summed E-state index contributed by atoms with van der Waals surface area (Å²) in [5.41, 5.74) is 0. The van der Waals surface area contributed by atoms with Gasteiger partial charge in [0.15, 0.2) is 0 Å². The molecule has 0 amide bonds. The lowest BCUT2D eigenvalue weighted by atomic mass is 10.2. The van der Waals surface area contributed by atoms with Crippen molar-refractivity contribution in [1.82, 2.24) is 9.62 Å². The molecule has 1 aliphatic rings. The molecule has 0 aromatic heterocycles. The van der Waals surface area contributed by atoms with Crippen LogP contribution in [0.1, 0.15) is 12.8 Å². The summed E-state index contributed by atoms with van der Waals surface area (Å²) in [4.78, 5) is 0.294. The van der Waals surface area contributed by atoms with Crippen molar-refractivity contribution in [2.24, 2.45) is 0 Å². The van der Waals surface area contributed by atoms with Gasteiger partial charge in [0, 0.05) is 19.1 Å². The van der Waals surface area contributed by atoms with Crippen LogP contribution in [0, 0.1) is 0 Å². The van der Waals surface area contributed by atoms with Crippen LogP contribution in [0.25, 0.3) is 0 Å². The lowest BCUT2D eigenvalue weighted by Crippen LogP contribution is -2.40. The maximum atomic E-state index is 12.9. The van der Waals surface area contributed by atoms with Gasteiger partial charge in [0.25, 0.3) is 0 Å². The molecule has 26 heavy (non-hydrogen) atoms. The standard InChI is InChI=1S/C19H24N2O4S/c1-20-14-15-4-3-13-21(15)26(22,23)19-11-9-18(10-12-19)25-17-7-5-16(24-2)6-8-17/h5-12,15,20H,3-4,13-14H2,1-2H3. The van der Waals surface area contributed by atoms with Crippen molar-refractivity contribution in [2.75, 3.05) is 27.2 Å². The number of benzene rings is 2. The average Bonchev–Trinajstić information content (AvgIpc) is 3.12. The van der Waals surface area contributed by atoms with Crippen molar-refractivity contribution in [1.29, 1.82) is 0 Å². The van der Waals surface area contributed by atoms with Crippen molar-refractivity contribution in [3.8, 4) is 17.2 Å². The van der Waals surface area contributed by atoms with E-state index in [1.807, 2.05) is 19.2 Å². The molecule has 1 fully saturated rings. The molecule has 7 heteroatoms. The quantitative estimate of drug-likeness (QED) is 0.805. The van der Waals surface area contributed by atoms with Crippen molar-refractivity contribution in [2.45, 2.75) is 23.8 Å². The Hall–Kier alpha value is -2.09. The summed E-state index contributed by atoms with van der Waals surface area (Å²) in [6.45, 7) is 1.23. The lowest BCUT2D eigenvalue weighted by molar-refractivity contribution is 0.379. The number of hydrogen-bond donors (Lipinski definition) is 1. The summed E-state index contributed by atoms with van der Waals surface area (Å²) in [7, 11) is -0.0381. The van der Waals surface area contributed by atoms with Gasteiger partial charge in [-0.1, -0.05) is 0 Å². The summed E-state index contributed by atoms with van der Waals surface area (Å²) in [6, 6.07) is 13.8. The van der Waals surface area contributed by atoms with Gasteiger partial charge in [0.1, 0.15) is 17.2 Å². The van der Waals surface area contributed by atoms with Gasteiger partial charge >= 0.3 is 0 Å². The molecule has 0 spiro atoms. The van der Waals surface area contributed by atoms with Gasteiger partial charge in [-0.3, -0.25) is 0 Å². The van der Waals surface area contributed by atoms with E-state index in [0.717, 1.165) is 18.6 Å². The Morgan fingerprint density at radius 1 is 1.04 bits per heavy atom. The minimum Gasteiger partial charge on any atom is -0.497 e. The Labute approximate surface area is 154 Å². The first-order valence-corrected chi connectivity index (χ1v) is 10.1. The van der Waals surface area contributed by atoms with Crippen molar-refractivity contribution >= 4 is 10.0 Å². The molecule has 0 saturated carbocycles. The highest BCUT2D eigenvalue weighted by molar-refractivity contribution is 7.89. The molecule has 0 radical (unpaired) electrons. The number of hydrogen-bond acceptors (Lipinski definition) is 5. The maximum Gasteiger partial charge on any atom is 0.243 e. The molecule has 1 saturated heterocycles. The number of likely N-dealkylation sites (N-methyl/N-ethyl adjacent to an activating group) is 1. The van der Waals surface area contributed by atoms with Crippen LogP contribution in [0.15, 0.2) is 53.4 Å². The van der Waals surface area contributed by atoms with Crippen LogP contribution < -0.4 is 14.8 Å². The van der Waals surface area contributed by atoms with Crippen LogP contribution in [0.3, 0.4) is 0 Å². The molecule has 1 N–H and O–H groups in total. The first-order valence-electron chi connectivity index (χ1n) is 8.63. The van der Waals surface area contributed by atoms with E-state index in [-0.39, 0.29) is 6.04 Å². The molecule has 0 bridgehead atoms. The number of nitrogens with one attached hydrogen (secondary N) is 1. The van der Waals surface area contributed by atoms with E-state index in [1.54, 1.807) is 47.8 Å². The summed E-state index contributed by atoms with van der Waals surface area (Å²) in [5.74, 6) is 2.00. The van der Waals surface area contributed by atoms with E-state index in [2.05, 4.69) is 5.32 Å². The Kier molecular flexibility index (Phi) is 5.80. The smallest absolute Gasteiger partial charge is 0.243 e. The van der Waals surface area contributed by atoms with Gasteiger partial charge in [0.05, 0.1) is 12.0 Å². The maximum absolute atomic E-state index is 12.9. The minimum atomic E-state index is -3.49. The van der Waals surface area contributed by atoms with Crippen LogP contribution in [0.5, 0.6) is 17.2 Å². The van der Waals surface area contributed by atoms with E-state index in [0.29, 0.717) is 29.5 Å². The van der Waals surface area contributed by atoms with Crippen LogP contribution in [0.4, 0.5) is 0 Å². The van der Waals surface area contributed by atoms with E-state index in [9.17, 15) is 8.42 Å². The van der Waals surface area contributed by atoms with Crippen LogP contribution >= 0.6 is 0 Å². The second kappa shape index (κ2) is 8.07. The molecule has 2 aromatic rings. The monoisotopic (exact) mass is 376 g/mol. The van der Waals surface area contributed by atoms with Gasteiger partial charge in [-0.15, -0.1) is 0 Å². The number of ether oxygens (including phenoxy) is 2. The zero-order valence-electron chi connectivity index (χ0n) is 15.0. The molecule has 140 valence electrons. The molecule has 1 unspecified atom stereocenters. The third kappa shape index (κ3) is 4.00. The summed E-state index contributed by atoms with van der Waals surface area (Å²) < 4.78 is 38.3. The topological polar surface area (TPSA) is 67.9 Å².